The van der Waals surface area contributed by atoms with Gasteiger partial charge >= 0.3 is 18.1 Å². The van der Waals surface area contributed by atoms with E-state index < -0.39 is 24.2 Å². The summed E-state index contributed by atoms with van der Waals surface area (Å²) in [5.41, 5.74) is 0.593. The number of halogens is 1. The lowest BCUT2D eigenvalue weighted by Gasteiger charge is -2.15. The summed E-state index contributed by atoms with van der Waals surface area (Å²) in [7, 11) is 2.36. The third-order valence-corrected chi connectivity index (χ3v) is 3.21. The molecule has 1 aromatic rings. The fourth-order valence-electron chi connectivity index (χ4n) is 1.61. The van der Waals surface area contributed by atoms with Crippen LogP contribution in [0.2, 0.25) is 5.02 Å². The van der Waals surface area contributed by atoms with Gasteiger partial charge in [-0.25, -0.2) is 9.59 Å². The topological polar surface area (TPSA) is 88.1 Å². The molecule has 0 heterocycles. The van der Waals surface area contributed by atoms with E-state index in [2.05, 4.69) is 9.47 Å². The van der Waals surface area contributed by atoms with Gasteiger partial charge in [-0.15, -0.1) is 0 Å². The number of benzene rings is 1. The first-order chi connectivity index (χ1) is 11.0. The van der Waals surface area contributed by atoms with E-state index in [-0.39, 0.29) is 19.4 Å². The number of methoxy groups -OCH3 is 2. The number of carbonyl (C=O) groups excluding carboxylic acids is 3. The molecular formula is C15H17ClO7. The number of rotatable bonds is 7. The zero-order valence-electron chi connectivity index (χ0n) is 12.7. The third kappa shape index (κ3) is 6.56. The van der Waals surface area contributed by atoms with Gasteiger partial charge in [0.2, 0.25) is 6.10 Å². The molecule has 1 atom stereocenters. The second kappa shape index (κ2) is 9.68. The highest BCUT2D eigenvalue weighted by molar-refractivity contribution is 6.31. The predicted molar refractivity (Wildman–Crippen MR) is 79.8 cm³/mol. The van der Waals surface area contributed by atoms with Gasteiger partial charge < -0.3 is 18.9 Å². The molecule has 0 bridgehead atoms. The van der Waals surface area contributed by atoms with E-state index in [1.165, 1.54) is 7.11 Å². The van der Waals surface area contributed by atoms with Crippen LogP contribution in [0.5, 0.6) is 0 Å². The standard InChI is InChI=1S/C15H17ClO7/c1-20-13(17)8-7-12(14(18)21-2)23-15(19)22-9-10-5-3-4-6-11(10)16/h3-6,12H,7-9H2,1-2H3. The third-order valence-electron chi connectivity index (χ3n) is 2.84. The quantitative estimate of drug-likeness (QED) is 0.554. The lowest BCUT2D eigenvalue weighted by Crippen LogP contribution is -2.29. The van der Waals surface area contributed by atoms with Crippen LogP contribution in [-0.2, 0) is 35.1 Å². The van der Waals surface area contributed by atoms with Gasteiger partial charge in [-0.2, -0.15) is 0 Å². The number of esters is 2. The molecule has 0 aliphatic carbocycles. The van der Waals surface area contributed by atoms with E-state index in [1.807, 2.05) is 0 Å². The first-order valence-electron chi connectivity index (χ1n) is 6.69. The van der Waals surface area contributed by atoms with Crippen LogP contribution in [0, 0.1) is 0 Å². The second-order valence-electron chi connectivity index (χ2n) is 4.37. The molecule has 0 N–H and O–H groups in total. The van der Waals surface area contributed by atoms with Crippen molar-refractivity contribution in [3.63, 3.8) is 0 Å². The van der Waals surface area contributed by atoms with Crippen molar-refractivity contribution < 1.29 is 33.3 Å². The van der Waals surface area contributed by atoms with Crippen LogP contribution in [0.3, 0.4) is 0 Å². The maximum atomic E-state index is 11.7. The Balaban J connectivity index is 2.54. The van der Waals surface area contributed by atoms with Crippen LogP contribution < -0.4 is 0 Å². The van der Waals surface area contributed by atoms with Gasteiger partial charge in [0.25, 0.3) is 0 Å². The van der Waals surface area contributed by atoms with Crippen LogP contribution >= 0.6 is 11.6 Å². The first kappa shape index (κ1) is 18.8. The van der Waals surface area contributed by atoms with Gasteiger partial charge in [-0.05, 0) is 6.07 Å². The van der Waals surface area contributed by atoms with E-state index in [9.17, 15) is 14.4 Å². The van der Waals surface area contributed by atoms with Crippen molar-refractivity contribution in [1.82, 2.24) is 0 Å². The van der Waals surface area contributed by atoms with E-state index >= 15 is 0 Å². The number of carbonyl (C=O) groups is 3. The van der Waals surface area contributed by atoms with Gasteiger partial charge in [-0.1, -0.05) is 29.8 Å². The molecule has 0 saturated carbocycles. The Morgan fingerprint density at radius 1 is 1.13 bits per heavy atom. The lowest BCUT2D eigenvalue weighted by molar-refractivity contribution is -0.153. The molecule has 7 nitrogen and oxygen atoms in total. The summed E-state index contributed by atoms with van der Waals surface area (Å²) in [6, 6.07) is 6.82. The predicted octanol–water partition coefficient (Wildman–Crippen LogP) is 2.49. The minimum atomic E-state index is -1.25. The van der Waals surface area contributed by atoms with Crippen molar-refractivity contribution >= 4 is 29.7 Å². The Morgan fingerprint density at radius 2 is 1.83 bits per heavy atom. The zero-order chi connectivity index (χ0) is 17.2. The highest BCUT2D eigenvalue weighted by atomic mass is 35.5. The van der Waals surface area contributed by atoms with E-state index in [4.69, 9.17) is 21.1 Å². The molecule has 0 spiro atoms. The maximum Gasteiger partial charge on any atom is 0.509 e. The van der Waals surface area contributed by atoms with Crippen molar-refractivity contribution in [2.24, 2.45) is 0 Å². The van der Waals surface area contributed by atoms with Gasteiger partial charge in [0.15, 0.2) is 0 Å². The number of hydrogen-bond acceptors (Lipinski definition) is 7. The highest BCUT2D eigenvalue weighted by Crippen LogP contribution is 2.16. The number of hydrogen-bond donors (Lipinski definition) is 0. The Bertz CT molecular complexity index is 559. The summed E-state index contributed by atoms with van der Waals surface area (Å²) in [6.45, 7) is -0.108. The van der Waals surface area contributed by atoms with Gasteiger partial charge in [0.1, 0.15) is 6.61 Å². The molecule has 0 aromatic heterocycles. The normalized spacial score (nSPS) is 11.3. The van der Waals surface area contributed by atoms with E-state index in [0.29, 0.717) is 10.6 Å². The molecule has 1 unspecified atom stereocenters. The summed E-state index contributed by atoms with van der Waals surface area (Å²) < 4.78 is 18.7. The van der Waals surface area contributed by atoms with Gasteiger partial charge in [0.05, 0.1) is 14.2 Å². The monoisotopic (exact) mass is 344 g/mol. The Morgan fingerprint density at radius 3 is 2.43 bits per heavy atom. The van der Waals surface area contributed by atoms with Crippen molar-refractivity contribution in [2.45, 2.75) is 25.6 Å². The van der Waals surface area contributed by atoms with Crippen molar-refractivity contribution in [3.05, 3.63) is 34.9 Å². The first-order valence-corrected chi connectivity index (χ1v) is 7.07. The van der Waals surface area contributed by atoms with Gasteiger partial charge in [-0.3, -0.25) is 4.79 Å². The smallest absolute Gasteiger partial charge is 0.469 e. The van der Waals surface area contributed by atoms with Crippen molar-refractivity contribution in [1.29, 1.82) is 0 Å². The molecule has 0 aliphatic heterocycles. The van der Waals surface area contributed by atoms with Crippen LogP contribution in [0.25, 0.3) is 0 Å². The van der Waals surface area contributed by atoms with E-state index in [1.54, 1.807) is 24.3 Å². The Hall–Kier alpha value is -2.28. The van der Waals surface area contributed by atoms with Crippen molar-refractivity contribution in [2.75, 3.05) is 14.2 Å². The number of ether oxygens (including phenoxy) is 4. The van der Waals surface area contributed by atoms with Crippen molar-refractivity contribution in [3.8, 4) is 0 Å². The summed E-state index contributed by atoms with van der Waals surface area (Å²) >= 11 is 5.93. The minimum absolute atomic E-state index is 0.0689. The maximum absolute atomic E-state index is 11.7. The molecule has 1 aromatic carbocycles. The summed E-state index contributed by atoms with van der Waals surface area (Å²) in [4.78, 5) is 34.3. The summed E-state index contributed by atoms with van der Waals surface area (Å²) in [5.74, 6) is -1.32. The fraction of sp³-hybridized carbons (Fsp3) is 0.400. The SMILES string of the molecule is COC(=O)CCC(OC(=O)OCc1ccccc1Cl)C(=O)OC. The van der Waals surface area contributed by atoms with Crippen LogP contribution in [0.4, 0.5) is 4.79 Å². The molecule has 0 aliphatic rings. The fourth-order valence-corrected chi connectivity index (χ4v) is 1.80. The summed E-state index contributed by atoms with van der Waals surface area (Å²) in [6.07, 6.45) is -2.49. The molecule has 0 saturated heterocycles. The molecule has 0 radical (unpaired) electrons. The van der Waals surface area contributed by atoms with Crippen LogP contribution in [0.1, 0.15) is 18.4 Å². The molecule has 23 heavy (non-hydrogen) atoms. The summed E-state index contributed by atoms with van der Waals surface area (Å²) in [5, 5.41) is 0.440. The lowest BCUT2D eigenvalue weighted by atomic mass is 10.2. The average Bonchev–Trinajstić information content (AvgIpc) is 2.56. The molecule has 0 amide bonds. The molecule has 8 heteroatoms. The minimum Gasteiger partial charge on any atom is -0.469 e. The van der Waals surface area contributed by atoms with Crippen LogP contribution in [-0.4, -0.2) is 38.4 Å². The second-order valence-corrected chi connectivity index (χ2v) is 4.78. The average molecular weight is 345 g/mol. The molecule has 0 fully saturated rings. The Kier molecular flexibility index (Phi) is 7.90. The van der Waals surface area contributed by atoms with Crippen LogP contribution in [0.15, 0.2) is 24.3 Å². The van der Waals surface area contributed by atoms with E-state index in [0.717, 1.165) is 7.11 Å². The highest BCUT2D eigenvalue weighted by Gasteiger charge is 2.25. The molecule has 126 valence electrons. The Labute approximate surface area is 138 Å². The zero-order valence-corrected chi connectivity index (χ0v) is 13.5. The largest absolute Gasteiger partial charge is 0.509 e. The van der Waals surface area contributed by atoms with Gasteiger partial charge in [0, 0.05) is 23.4 Å². The molecule has 1 rings (SSSR count). The molecular weight excluding hydrogens is 328 g/mol.